The van der Waals surface area contributed by atoms with Gasteiger partial charge < -0.3 is 10.6 Å². The maximum atomic E-state index is 6.47. The molecule has 2 N–H and O–H groups in total. The number of benzene rings is 1. The summed E-state index contributed by atoms with van der Waals surface area (Å²) in [5.41, 5.74) is 8.86. The molecule has 1 heterocycles. The summed E-state index contributed by atoms with van der Waals surface area (Å²) in [4.78, 5) is 3.93. The molecule has 1 aliphatic heterocycles. The predicted octanol–water partition coefficient (Wildman–Crippen LogP) is 5.55. The van der Waals surface area contributed by atoms with Crippen molar-refractivity contribution in [3.05, 3.63) is 35.9 Å². The third-order valence-electron chi connectivity index (χ3n) is 10.1. The van der Waals surface area contributed by atoms with Gasteiger partial charge in [-0.25, -0.2) is 0 Å². The second kappa shape index (κ2) is 6.54. The van der Waals surface area contributed by atoms with E-state index in [2.05, 4.69) is 49.1 Å². The molecular formula is C27H38N2S. The molecule has 1 aromatic carbocycles. The predicted molar refractivity (Wildman–Crippen MR) is 127 cm³/mol. The van der Waals surface area contributed by atoms with E-state index < -0.39 is 0 Å². The molecule has 3 heteroatoms. The van der Waals surface area contributed by atoms with Crippen molar-refractivity contribution >= 4 is 17.2 Å². The van der Waals surface area contributed by atoms with Gasteiger partial charge in [0.05, 0.1) is 4.99 Å². The van der Waals surface area contributed by atoms with E-state index in [4.69, 9.17) is 18.0 Å². The smallest absolute Gasteiger partial charge is 0.0845 e. The van der Waals surface area contributed by atoms with Gasteiger partial charge in [-0.15, -0.1) is 0 Å². The van der Waals surface area contributed by atoms with Gasteiger partial charge in [0.15, 0.2) is 0 Å². The van der Waals surface area contributed by atoms with Crippen LogP contribution >= 0.6 is 12.2 Å². The number of hydrogen-bond donors (Lipinski definition) is 1. The fraction of sp³-hybridized carbons (Fsp3) is 0.741. The number of rotatable bonds is 4. The van der Waals surface area contributed by atoms with Gasteiger partial charge in [-0.1, -0.05) is 69.2 Å². The Morgan fingerprint density at radius 1 is 1.10 bits per heavy atom. The summed E-state index contributed by atoms with van der Waals surface area (Å²) in [5, 5.41) is 0. The first-order valence-corrected chi connectivity index (χ1v) is 12.8. The summed E-state index contributed by atoms with van der Waals surface area (Å²) in [6, 6.07) is 11.8. The van der Waals surface area contributed by atoms with Crippen molar-refractivity contribution in [3.63, 3.8) is 0 Å². The van der Waals surface area contributed by atoms with Crippen molar-refractivity contribution in [2.24, 2.45) is 40.2 Å². The fourth-order valence-electron chi connectivity index (χ4n) is 8.45. The lowest BCUT2D eigenvalue weighted by Crippen LogP contribution is -2.56. The Bertz CT molecular complexity index is 846. The molecule has 6 aliphatic rings. The minimum absolute atomic E-state index is 0.152. The Morgan fingerprint density at radius 3 is 2.57 bits per heavy atom. The van der Waals surface area contributed by atoms with Crippen molar-refractivity contribution in [2.75, 3.05) is 13.1 Å². The van der Waals surface area contributed by atoms with Crippen LogP contribution in [0, 0.1) is 34.5 Å². The van der Waals surface area contributed by atoms with Crippen LogP contribution < -0.4 is 5.73 Å². The van der Waals surface area contributed by atoms with E-state index in [0.29, 0.717) is 11.5 Å². The average Bonchev–Trinajstić information content (AvgIpc) is 3.48. The van der Waals surface area contributed by atoms with E-state index in [1.807, 2.05) is 0 Å². The zero-order chi connectivity index (χ0) is 20.7. The lowest BCUT2D eigenvalue weighted by Gasteiger charge is -2.49. The Morgan fingerprint density at radius 2 is 1.87 bits per heavy atom. The quantitative estimate of drug-likeness (QED) is 0.645. The van der Waals surface area contributed by atoms with Crippen LogP contribution in [0.5, 0.6) is 0 Å². The summed E-state index contributed by atoms with van der Waals surface area (Å²) in [7, 11) is 0. The maximum absolute atomic E-state index is 6.47. The Balaban J connectivity index is 1.35. The molecule has 6 atom stereocenters. The molecule has 2 nitrogen and oxygen atoms in total. The summed E-state index contributed by atoms with van der Waals surface area (Å²) in [6.45, 7) is 6.78. The Kier molecular flexibility index (Phi) is 4.30. The Hall–Kier alpha value is -0.930. The summed E-state index contributed by atoms with van der Waals surface area (Å²) in [6.07, 6.45) is 11.0. The van der Waals surface area contributed by atoms with Gasteiger partial charge in [-0.05, 0) is 78.6 Å². The highest BCUT2D eigenvalue weighted by molar-refractivity contribution is 7.80. The van der Waals surface area contributed by atoms with Crippen LogP contribution in [0.25, 0.3) is 0 Å². The first kappa shape index (κ1) is 19.7. The molecule has 0 radical (unpaired) electrons. The molecule has 0 amide bonds. The Labute approximate surface area is 188 Å². The third kappa shape index (κ3) is 2.80. The molecule has 162 valence electrons. The molecule has 30 heavy (non-hydrogen) atoms. The molecule has 7 rings (SSSR count). The zero-order valence-electron chi connectivity index (χ0n) is 18.8. The minimum atomic E-state index is 0.152. The number of nitrogens with zero attached hydrogens (tertiary/aromatic N) is 1. The van der Waals surface area contributed by atoms with Crippen LogP contribution in [-0.4, -0.2) is 29.0 Å². The molecule has 6 fully saturated rings. The third-order valence-corrected chi connectivity index (χ3v) is 10.8. The molecule has 5 aliphatic carbocycles. The number of hydrogen-bond acceptors (Lipinski definition) is 2. The average molecular weight is 423 g/mol. The van der Waals surface area contributed by atoms with Crippen molar-refractivity contribution in [3.8, 4) is 0 Å². The highest BCUT2D eigenvalue weighted by Crippen LogP contribution is 2.74. The highest BCUT2D eigenvalue weighted by atomic mass is 32.1. The zero-order valence-corrected chi connectivity index (χ0v) is 19.6. The summed E-state index contributed by atoms with van der Waals surface area (Å²) in [5.74, 6) is 3.65. The van der Waals surface area contributed by atoms with Crippen molar-refractivity contribution in [2.45, 2.75) is 76.7 Å². The van der Waals surface area contributed by atoms with E-state index in [0.717, 1.165) is 43.2 Å². The van der Waals surface area contributed by atoms with Crippen molar-refractivity contribution < 1.29 is 0 Å². The summed E-state index contributed by atoms with van der Waals surface area (Å²) >= 11 is 6.44. The largest absolute Gasteiger partial charge is 0.365 e. The number of nitrogens with two attached hydrogens (primary N) is 1. The fourth-order valence-corrected chi connectivity index (χ4v) is 8.91. The van der Waals surface area contributed by atoms with E-state index in [9.17, 15) is 0 Å². The van der Waals surface area contributed by atoms with E-state index in [1.54, 1.807) is 5.56 Å². The van der Waals surface area contributed by atoms with Crippen LogP contribution in [0.15, 0.2) is 30.3 Å². The van der Waals surface area contributed by atoms with Gasteiger partial charge in [-0.2, -0.15) is 0 Å². The van der Waals surface area contributed by atoms with E-state index in [-0.39, 0.29) is 10.8 Å². The lowest BCUT2D eigenvalue weighted by molar-refractivity contribution is 0.133. The molecule has 1 saturated heterocycles. The maximum Gasteiger partial charge on any atom is 0.0845 e. The molecule has 5 saturated carbocycles. The van der Waals surface area contributed by atoms with Crippen molar-refractivity contribution in [1.29, 1.82) is 0 Å². The van der Waals surface area contributed by atoms with Crippen LogP contribution in [0.3, 0.4) is 0 Å². The normalized spacial score (nSPS) is 43.9. The second-order valence-electron chi connectivity index (χ2n) is 12.4. The first-order valence-electron chi connectivity index (χ1n) is 12.4. The standard InChI is InChI=1S/C27H38N2S/c1-25(2)17-29(11-10-23(25)28)24(30)27-14-19-13-26(16-27,20-6-4-3-5-7-20)15-22(27)21(19)12-18-8-9-18/h3-7,18-19,21-23H,8-17,28H2,1-2H3/t19?,21?,22?,23-,26?,27?/m0/s1. The van der Waals surface area contributed by atoms with Gasteiger partial charge >= 0.3 is 0 Å². The van der Waals surface area contributed by atoms with Crippen molar-refractivity contribution in [1.82, 2.24) is 4.90 Å². The van der Waals surface area contributed by atoms with Gasteiger partial charge in [0.2, 0.25) is 0 Å². The van der Waals surface area contributed by atoms with Gasteiger partial charge in [0, 0.05) is 24.5 Å². The van der Waals surface area contributed by atoms with E-state index in [1.165, 1.54) is 49.9 Å². The van der Waals surface area contributed by atoms with E-state index >= 15 is 0 Å². The molecule has 0 aromatic heterocycles. The highest BCUT2D eigenvalue weighted by Gasteiger charge is 2.70. The topological polar surface area (TPSA) is 29.3 Å². The number of piperidine rings is 1. The van der Waals surface area contributed by atoms with Gasteiger partial charge in [-0.3, -0.25) is 0 Å². The van der Waals surface area contributed by atoms with Crippen LogP contribution in [0.4, 0.5) is 0 Å². The molecule has 4 bridgehead atoms. The van der Waals surface area contributed by atoms with Crippen LogP contribution in [0.1, 0.15) is 70.8 Å². The first-order chi connectivity index (χ1) is 14.3. The molecular weight excluding hydrogens is 384 g/mol. The monoisotopic (exact) mass is 422 g/mol. The van der Waals surface area contributed by atoms with Gasteiger partial charge in [0.25, 0.3) is 0 Å². The SMILES string of the molecule is CC1(C)CN(C(=S)C23CC4CC(c5ccccc5)(CC2C4CC2CC2)C3)CC[C@@H]1N. The summed E-state index contributed by atoms with van der Waals surface area (Å²) < 4.78 is 0. The van der Waals surface area contributed by atoms with Crippen LogP contribution in [-0.2, 0) is 5.41 Å². The van der Waals surface area contributed by atoms with Crippen LogP contribution in [0.2, 0.25) is 0 Å². The molecule has 1 aromatic rings. The number of thiocarbonyl (C=S) groups is 1. The van der Waals surface area contributed by atoms with Gasteiger partial charge in [0.1, 0.15) is 0 Å². The molecule has 5 unspecified atom stereocenters. The lowest BCUT2D eigenvalue weighted by atomic mass is 9.61. The molecule has 0 spiro atoms. The second-order valence-corrected chi connectivity index (χ2v) is 12.8. The minimum Gasteiger partial charge on any atom is -0.365 e. The number of likely N-dealkylation sites (tertiary alicyclic amines) is 1.